The summed E-state index contributed by atoms with van der Waals surface area (Å²) in [6.07, 6.45) is 1.93. The second-order valence-electron chi connectivity index (χ2n) is 5.08. The number of rotatable bonds is 5. The van der Waals surface area contributed by atoms with Crippen molar-refractivity contribution < 1.29 is 4.79 Å². The molecule has 0 aliphatic carbocycles. The third kappa shape index (κ3) is 3.98. The van der Waals surface area contributed by atoms with E-state index >= 15 is 0 Å². The summed E-state index contributed by atoms with van der Waals surface area (Å²) in [7, 11) is 0. The largest absolute Gasteiger partial charge is 0.345 e. The molecule has 2 aromatic carbocycles. The highest BCUT2D eigenvalue weighted by molar-refractivity contribution is 7.98. The second-order valence-corrected chi connectivity index (χ2v) is 6.70. The van der Waals surface area contributed by atoms with Crippen molar-refractivity contribution in [3.63, 3.8) is 0 Å². The van der Waals surface area contributed by atoms with E-state index in [9.17, 15) is 4.79 Å². The van der Waals surface area contributed by atoms with E-state index in [1.807, 2.05) is 41.2 Å². The van der Waals surface area contributed by atoms with E-state index in [-0.39, 0.29) is 12.5 Å². The molecule has 0 radical (unpaired) electrons. The number of halogens is 2. The standard InChI is InChI=1S/C17H14Cl2N4OS/c1-25-17-22-21-15(23(17)12-5-3-2-4-6-12)10-20-16(24)13-8-7-11(18)9-14(13)19/h2-9H,10H2,1H3,(H,20,24). The van der Waals surface area contributed by atoms with Crippen molar-refractivity contribution >= 4 is 40.9 Å². The summed E-state index contributed by atoms with van der Waals surface area (Å²) in [6.45, 7) is 0.222. The molecule has 128 valence electrons. The van der Waals surface area contributed by atoms with E-state index in [4.69, 9.17) is 23.2 Å². The molecular weight excluding hydrogens is 379 g/mol. The molecule has 0 bridgehead atoms. The van der Waals surface area contributed by atoms with E-state index < -0.39 is 0 Å². The lowest BCUT2D eigenvalue weighted by atomic mass is 10.2. The Bertz CT molecular complexity index is 899. The van der Waals surface area contributed by atoms with Gasteiger partial charge in [0.05, 0.1) is 17.1 Å². The maximum absolute atomic E-state index is 12.4. The number of amides is 1. The van der Waals surface area contributed by atoms with Crippen LogP contribution in [0.2, 0.25) is 10.0 Å². The van der Waals surface area contributed by atoms with Crippen LogP contribution in [0, 0.1) is 0 Å². The molecule has 0 atom stereocenters. The molecule has 0 saturated heterocycles. The summed E-state index contributed by atoms with van der Waals surface area (Å²) in [5.41, 5.74) is 1.30. The van der Waals surface area contributed by atoms with E-state index in [0.29, 0.717) is 21.4 Å². The molecule has 25 heavy (non-hydrogen) atoms. The maximum Gasteiger partial charge on any atom is 0.253 e. The van der Waals surface area contributed by atoms with E-state index in [2.05, 4.69) is 15.5 Å². The summed E-state index contributed by atoms with van der Waals surface area (Å²) in [4.78, 5) is 12.4. The fourth-order valence-corrected chi connectivity index (χ4v) is 3.32. The molecular formula is C17H14Cl2N4OS. The first-order valence-corrected chi connectivity index (χ1v) is 9.35. The Morgan fingerprint density at radius 2 is 1.92 bits per heavy atom. The minimum absolute atomic E-state index is 0.222. The van der Waals surface area contributed by atoms with Crippen LogP contribution in [0.15, 0.2) is 53.7 Å². The lowest BCUT2D eigenvalue weighted by Crippen LogP contribution is -2.25. The number of thioether (sulfide) groups is 1. The van der Waals surface area contributed by atoms with Crippen LogP contribution in [0.3, 0.4) is 0 Å². The Balaban J connectivity index is 1.82. The number of nitrogens with zero attached hydrogens (tertiary/aromatic N) is 3. The van der Waals surface area contributed by atoms with Gasteiger partial charge < -0.3 is 5.32 Å². The second kappa shape index (κ2) is 7.91. The van der Waals surface area contributed by atoms with E-state index in [0.717, 1.165) is 10.8 Å². The van der Waals surface area contributed by atoms with Crippen LogP contribution >= 0.6 is 35.0 Å². The van der Waals surface area contributed by atoms with Crippen molar-refractivity contribution in [2.75, 3.05) is 6.26 Å². The smallest absolute Gasteiger partial charge is 0.253 e. The summed E-state index contributed by atoms with van der Waals surface area (Å²) in [6, 6.07) is 14.5. The van der Waals surface area contributed by atoms with Crippen molar-refractivity contribution in [2.45, 2.75) is 11.7 Å². The molecule has 1 heterocycles. The van der Waals surface area contributed by atoms with Crippen LogP contribution in [0.4, 0.5) is 0 Å². The number of carbonyl (C=O) groups excluding carboxylic acids is 1. The van der Waals surface area contributed by atoms with E-state index in [1.165, 1.54) is 17.8 Å². The van der Waals surface area contributed by atoms with Gasteiger partial charge in [-0.05, 0) is 36.6 Å². The number of hydrogen-bond donors (Lipinski definition) is 1. The molecule has 0 fully saturated rings. The Morgan fingerprint density at radius 1 is 1.16 bits per heavy atom. The van der Waals surface area contributed by atoms with Gasteiger partial charge in [0, 0.05) is 10.7 Å². The van der Waals surface area contributed by atoms with Crippen LogP contribution in [0.5, 0.6) is 0 Å². The Kier molecular flexibility index (Phi) is 5.63. The SMILES string of the molecule is CSc1nnc(CNC(=O)c2ccc(Cl)cc2Cl)n1-c1ccccc1. The van der Waals surface area contributed by atoms with Gasteiger partial charge in [0.2, 0.25) is 0 Å². The maximum atomic E-state index is 12.4. The Hall–Kier alpha value is -2.02. The quantitative estimate of drug-likeness (QED) is 0.660. The summed E-state index contributed by atoms with van der Waals surface area (Å²) >= 11 is 13.4. The van der Waals surface area contributed by atoms with Gasteiger partial charge in [-0.15, -0.1) is 10.2 Å². The highest BCUT2D eigenvalue weighted by Crippen LogP contribution is 2.22. The van der Waals surface area contributed by atoms with Gasteiger partial charge in [0.1, 0.15) is 0 Å². The molecule has 0 spiro atoms. The van der Waals surface area contributed by atoms with Gasteiger partial charge in [0.15, 0.2) is 11.0 Å². The summed E-state index contributed by atoms with van der Waals surface area (Å²) in [5.74, 6) is 0.337. The summed E-state index contributed by atoms with van der Waals surface area (Å²) in [5, 5.41) is 12.7. The zero-order valence-electron chi connectivity index (χ0n) is 13.2. The number of nitrogens with one attached hydrogen (secondary N) is 1. The van der Waals surface area contributed by atoms with Crippen molar-refractivity contribution in [3.05, 3.63) is 70.0 Å². The normalized spacial score (nSPS) is 10.7. The molecule has 3 aromatic rings. The van der Waals surface area contributed by atoms with Gasteiger partial charge in [-0.25, -0.2) is 0 Å². The van der Waals surface area contributed by atoms with Crippen molar-refractivity contribution in [3.8, 4) is 5.69 Å². The van der Waals surface area contributed by atoms with Crippen LogP contribution in [0.1, 0.15) is 16.2 Å². The first kappa shape index (κ1) is 17.8. The van der Waals surface area contributed by atoms with Gasteiger partial charge in [0.25, 0.3) is 5.91 Å². The highest BCUT2D eigenvalue weighted by Gasteiger charge is 2.16. The average Bonchev–Trinajstić information content (AvgIpc) is 3.03. The Morgan fingerprint density at radius 3 is 2.60 bits per heavy atom. The highest BCUT2D eigenvalue weighted by atomic mass is 35.5. The first-order valence-electron chi connectivity index (χ1n) is 7.37. The predicted molar refractivity (Wildman–Crippen MR) is 101 cm³/mol. The molecule has 5 nitrogen and oxygen atoms in total. The first-order chi connectivity index (χ1) is 12.1. The fraction of sp³-hybridized carbons (Fsp3) is 0.118. The van der Waals surface area contributed by atoms with Crippen molar-refractivity contribution in [1.82, 2.24) is 20.1 Å². The number of aromatic nitrogens is 3. The molecule has 3 rings (SSSR count). The van der Waals surface area contributed by atoms with Gasteiger partial charge >= 0.3 is 0 Å². The lowest BCUT2D eigenvalue weighted by Gasteiger charge is -2.10. The third-order valence-corrected chi connectivity index (χ3v) is 4.66. The number of benzene rings is 2. The van der Waals surface area contributed by atoms with Gasteiger partial charge in [-0.2, -0.15) is 0 Å². The van der Waals surface area contributed by atoms with E-state index in [1.54, 1.807) is 12.1 Å². The fourth-order valence-electron chi connectivity index (χ4n) is 2.31. The molecule has 1 amide bonds. The van der Waals surface area contributed by atoms with Crippen molar-refractivity contribution in [1.29, 1.82) is 0 Å². The minimum Gasteiger partial charge on any atom is -0.345 e. The molecule has 1 N–H and O–H groups in total. The topological polar surface area (TPSA) is 59.8 Å². The molecule has 0 saturated carbocycles. The van der Waals surface area contributed by atoms with Crippen LogP contribution in [0.25, 0.3) is 5.69 Å². The van der Waals surface area contributed by atoms with Crippen LogP contribution < -0.4 is 5.32 Å². The molecule has 0 aliphatic heterocycles. The minimum atomic E-state index is -0.296. The third-order valence-electron chi connectivity index (χ3n) is 3.48. The average molecular weight is 393 g/mol. The number of carbonyl (C=O) groups is 1. The van der Waals surface area contributed by atoms with Gasteiger partial charge in [-0.3, -0.25) is 9.36 Å². The molecule has 0 unspecified atom stereocenters. The van der Waals surface area contributed by atoms with Gasteiger partial charge in [-0.1, -0.05) is 53.2 Å². The van der Waals surface area contributed by atoms with Crippen LogP contribution in [-0.2, 0) is 6.54 Å². The zero-order chi connectivity index (χ0) is 17.8. The number of para-hydroxylation sites is 1. The molecule has 1 aromatic heterocycles. The molecule has 8 heteroatoms. The lowest BCUT2D eigenvalue weighted by molar-refractivity contribution is 0.0950. The predicted octanol–water partition coefficient (Wildman–Crippen LogP) is 4.23. The van der Waals surface area contributed by atoms with Crippen LogP contribution in [-0.4, -0.2) is 26.9 Å². The Labute approximate surface area is 159 Å². The monoisotopic (exact) mass is 392 g/mol. The molecule has 0 aliphatic rings. The number of hydrogen-bond acceptors (Lipinski definition) is 4. The summed E-state index contributed by atoms with van der Waals surface area (Å²) < 4.78 is 1.91. The zero-order valence-corrected chi connectivity index (χ0v) is 15.6. The van der Waals surface area contributed by atoms with Crippen molar-refractivity contribution in [2.24, 2.45) is 0 Å².